The molecule has 2 aromatic rings. The third kappa shape index (κ3) is 3.60. The molecule has 2 rings (SSSR count). The van der Waals surface area contributed by atoms with E-state index in [1.165, 1.54) is 0 Å². The van der Waals surface area contributed by atoms with Gasteiger partial charge in [-0.25, -0.2) is 9.50 Å². The summed E-state index contributed by atoms with van der Waals surface area (Å²) in [7, 11) is 0. The maximum atomic E-state index is 5.76. The molecule has 4 nitrogen and oxygen atoms in total. The molecule has 0 spiro atoms. The van der Waals surface area contributed by atoms with Crippen molar-refractivity contribution < 1.29 is 0 Å². The summed E-state index contributed by atoms with van der Waals surface area (Å²) in [5, 5.41) is 7.82. The van der Waals surface area contributed by atoms with Crippen LogP contribution in [0, 0.1) is 12.3 Å². The molecule has 0 unspecified atom stereocenters. The molecule has 2 aromatic heterocycles. The van der Waals surface area contributed by atoms with Gasteiger partial charge in [0, 0.05) is 24.8 Å². The number of alkyl halides is 1. The Kier molecular flexibility index (Phi) is 4.30. The highest BCUT2D eigenvalue weighted by Gasteiger charge is 2.18. The lowest BCUT2D eigenvalue weighted by molar-refractivity contribution is 0.355. The van der Waals surface area contributed by atoms with Gasteiger partial charge in [-0.15, -0.1) is 11.6 Å². The van der Waals surface area contributed by atoms with E-state index in [0.717, 1.165) is 42.3 Å². The number of nitrogens with zero attached hydrogens (tertiary/aromatic N) is 3. The molecule has 0 radical (unpaired) electrons. The van der Waals surface area contributed by atoms with Gasteiger partial charge in [0.1, 0.15) is 5.52 Å². The average molecular weight is 281 g/mol. The zero-order valence-corrected chi connectivity index (χ0v) is 12.5. The summed E-state index contributed by atoms with van der Waals surface area (Å²) in [6.45, 7) is 7.35. The third-order valence-corrected chi connectivity index (χ3v) is 3.50. The van der Waals surface area contributed by atoms with E-state index < -0.39 is 0 Å². The molecule has 1 N–H and O–H groups in total. The number of anilines is 1. The highest BCUT2D eigenvalue weighted by atomic mass is 35.5. The zero-order chi connectivity index (χ0) is 13.9. The van der Waals surface area contributed by atoms with Crippen LogP contribution >= 0.6 is 11.6 Å². The van der Waals surface area contributed by atoms with Gasteiger partial charge in [-0.1, -0.05) is 13.8 Å². The zero-order valence-electron chi connectivity index (χ0n) is 11.8. The second-order valence-electron chi connectivity index (χ2n) is 5.70. The van der Waals surface area contributed by atoms with E-state index >= 15 is 0 Å². The fourth-order valence-electron chi connectivity index (χ4n) is 2.14. The van der Waals surface area contributed by atoms with Gasteiger partial charge in [-0.2, -0.15) is 5.10 Å². The molecule has 0 amide bonds. The molecule has 5 heteroatoms. The maximum Gasteiger partial charge on any atom is 0.152 e. The standard InChI is InChI=1S/C14H21ClN4/c1-11-9-12-13(16-7-8-19(12)18-11)17-10-14(2,3)5-4-6-15/h7-9H,4-6,10H2,1-3H3,(H,16,17). The van der Waals surface area contributed by atoms with Crippen molar-refractivity contribution in [3.63, 3.8) is 0 Å². The molecule has 0 aliphatic rings. The van der Waals surface area contributed by atoms with Crippen LogP contribution in [0.5, 0.6) is 0 Å². The maximum absolute atomic E-state index is 5.76. The molecule has 0 aliphatic heterocycles. The van der Waals surface area contributed by atoms with Crippen LogP contribution in [0.15, 0.2) is 18.5 Å². The Bertz CT molecular complexity index is 547. The summed E-state index contributed by atoms with van der Waals surface area (Å²) in [5.74, 6) is 1.61. The van der Waals surface area contributed by atoms with Crippen LogP contribution in [0.2, 0.25) is 0 Å². The largest absolute Gasteiger partial charge is 0.368 e. The van der Waals surface area contributed by atoms with Crippen LogP contribution in [0.3, 0.4) is 0 Å². The van der Waals surface area contributed by atoms with E-state index in [9.17, 15) is 0 Å². The van der Waals surface area contributed by atoms with Crippen molar-refractivity contribution in [2.45, 2.75) is 33.6 Å². The lowest BCUT2D eigenvalue weighted by Gasteiger charge is -2.25. The summed E-state index contributed by atoms with van der Waals surface area (Å²) >= 11 is 5.76. The van der Waals surface area contributed by atoms with Crippen molar-refractivity contribution in [2.24, 2.45) is 5.41 Å². The highest BCUT2D eigenvalue weighted by Crippen LogP contribution is 2.24. The summed E-state index contributed by atoms with van der Waals surface area (Å²) in [4.78, 5) is 4.41. The first-order valence-corrected chi connectivity index (χ1v) is 7.16. The summed E-state index contributed by atoms with van der Waals surface area (Å²) in [6, 6.07) is 2.04. The Labute approximate surface area is 119 Å². The molecule has 19 heavy (non-hydrogen) atoms. The number of hydrogen-bond donors (Lipinski definition) is 1. The van der Waals surface area contributed by atoms with Gasteiger partial charge in [0.15, 0.2) is 5.82 Å². The van der Waals surface area contributed by atoms with Crippen LogP contribution in [-0.4, -0.2) is 27.0 Å². The molecule has 0 bridgehead atoms. The van der Waals surface area contributed by atoms with Crippen molar-refractivity contribution in [1.82, 2.24) is 14.6 Å². The van der Waals surface area contributed by atoms with Gasteiger partial charge in [0.05, 0.1) is 5.69 Å². The molecule has 0 saturated heterocycles. The third-order valence-electron chi connectivity index (χ3n) is 3.23. The van der Waals surface area contributed by atoms with Crippen LogP contribution in [0.1, 0.15) is 32.4 Å². The molecule has 2 heterocycles. The van der Waals surface area contributed by atoms with E-state index in [2.05, 4.69) is 29.2 Å². The van der Waals surface area contributed by atoms with Crippen molar-refractivity contribution >= 4 is 22.9 Å². The van der Waals surface area contributed by atoms with E-state index in [1.54, 1.807) is 6.20 Å². The molecule has 0 aromatic carbocycles. The van der Waals surface area contributed by atoms with Crippen LogP contribution < -0.4 is 5.32 Å². The van der Waals surface area contributed by atoms with Crippen LogP contribution in [-0.2, 0) is 0 Å². The normalized spacial score (nSPS) is 12.0. The summed E-state index contributed by atoms with van der Waals surface area (Å²) in [6.07, 6.45) is 5.78. The first-order chi connectivity index (χ1) is 9.02. The Morgan fingerprint density at radius 1 is 1.42 bits per heavy atom. The smallest absolute Gasteiger partial charge is 0.152 e. The lowest BCUT2D eigenvalue weighted by atomic mass is 9.88. The van der Waals surface area contributed by atoms with Crippen molar-refractivity contribution in [3.05, 3.63) is 24.2 Å². The molecule has 0 aliphatic carbocycles. The molecular formula is C14H21ClN4. The molecule has 104 valence electrons. The Hall–Kier alpha value is -1.29. The lowest BCUT2D eigenvalue weighted by Crippen LogP contribution is -2.23. The predicted octanol–water partition coefficient (Wildman–Crippen LogP) is 3.49. The highest BCUT2D eigenvalue weighted by molar-refractivity contribution is 6.17. The Balaban J connectivity index is 2.09. The number of hydrogen-bond acceptors (Lipinski definition) is 3. The van der Waals surface area contributed by atoms with Gasteiger partial charge in [-0.05, 0) is 31.2 Å². The Morgan fingerprint density at radius 3 is 2.95 bits per heavy atom. The summed E-state index contributed by atoms with van der Waals surface area (Å²) in [5.41, 5.74) is 2.23. The van der Waals surface area contributed by atoms with Gasteiger partial charge >= 0.3 is 0 Å². The van der Waals surface area contributed by atoms with E-state index in [1.807, 2.05) is 23.7 Å². The SMILES string of the molecule is Cc1cc2c(NCC(C)(C)CCCCl)nccn2n1. The van der Waals surface area contributed by atoms with Gasteiger partial charge < -0.3 is 5.32 Å². The molecule has 0 fully saturated rings. The first-order valence-electron chi connectivity index (χ1n) is 6.63. The predicted molar refractivity (Wildman–Crippen MR) is 79.9 cm³/mol. The minimum absolute atomic E-state index is 0.207. The second kappa shape index (κ2) is 5.78. The molecule has 0 saturated carbocycles. The van der Waals surface area contributed by atoms with Crippen molar-refractivity contribution in [1.29, 1.82) is 0 Å². The number of fused-ring (bicyclic) bond motifs is 1. The topological polar surface area (TPSA) is 42.2 Å². The van der Waals surface area contributed by atoms with Crippen LogP contribution in [0.4, 0.5) is 5.82 Å². The number of rotatable bonds is 6. The Morgan fingerprint density at radius 2 is 2.21 bits per heavy atom. The summed E-state index contributed by atoms with van der Waals surface area (Å²) < 4.78 is 1.86. The van der Waals surface area contributed by atoms with Crippen molar-refractivity contribution in [2.75, 3.05) is 17.7 Å². The molecule has 0 atom stereocenters. The van der Waals surface area contributed by atoms with Gasteiger partial charge in [-0.3, -0.25) is 0 Å². The number of halogens is 1. The fraction of sp³-hybridized carbons (Fsp3) is 0.571. The number of aryl methyl sites for hydroxylation is 1. The van der Waals surface area contributed by atoms with Crippen molar-refractivity contribution in [3.8, 4) is 0 Å². The second-order valence-corrected chi connectivity index (χ2v) is 6.08. The fourth-order valence-corrected chi connectivity index (χ4v) is 2.27. The van der Waals surface area contributed by atoms with E-state index in [4.69, 9.17) is 11.6 Å². The average Bonchev–Trinajstić information content (AvgIpc) is 2.74. The van der Waals surface area contributed by atoms with Gasteiger partial charge in [0.25, 0.3) is 0 Å². The quantitative estimate of drug-likeness (QED) is 0.824. The minimum atomic E-state index is 0.207. The molecular weight excluding hydrogens is 260 g/mol. The van der Waals surface area contributed by atoms with E-state index in [0.29, 0.717) is 0 Å². The van der Waals surface area contributed by atoms with Crippen LogP contribution in [0.25, 0.3) is 5.52 Å². The van der Waals surface area contributed by atoms with Gasteiger partial charge in [0.2, 0.25) is 0 Å². The number of nitrogens with one attached hydrogen (secondary N) is 1. The minimum Gasteiger partial charge on any atom is -0.368 e. The first kappa shape index (κ1) is 14.1. The monoisotopic (exact) mass is 280 g/mol. The number of aromatic nitrogens is 3. The van der Waals surface area contributed by atoms with E-state index in [-0.39, 0.29) is 5.41 Å².